The zero-order chi connectivity index (χ0) is 24.4. The maximum atomic E-state index is 13.4. The van der Waals surface area contributed by atoms with Gasteiger partial charge in [-0.05, 0) is 60.0 Å². The van der Waals surface area contributed by atoms with Gasteiger partial charge in [-0.1, -0.05) is 30.3 Å². The summed E-state index contributed by atoms with van der Waals surface area (Å²) in [5.41, 5.74) is 6.07. The first-order chi connectivity index (χ1) is 17.0. The summed E-state index contributed by atoms with van der Waals surface area (Å²) in [6.07, 6.45) is 2.17. The van der Waals surface area contributed by atoms with Crippen molar-refractivity contribution >= 4 is 11.8 Å². The average molecular weight is 470 g/mol. The van der Waals surface area contributed by atoms with E-state index in [1.807, 2.05) is 31.2 Å². The quantitative estimate of drug-likeness (QED) is 0.429. The number of benzene rings is 3. The summed E-state index contributed by atoms with van der Waals surface area (Å²) < 4.78 is 19.4. The molecule has 0 spiro atoms. The van der Waals surface area contributed by atoms with Crippen LogP contribution in [0.2, 0.25) is 0 Å². The fraction of sp³-hybridized carbons (Fsp3) is 0.179. The summed E-state index contributed by atoms with van der Waals surface area (Å²) in [4.78, 5) is 22.4. The molecular formula is C28H24FN3O3. The minimum Gasteiger partial charge on any atom is -0.491 e. The van der Waals surface area contributed by atoms with Gasteiger partial charge in [0.05, 0.1) is 12.1 Å². The van der Waals surface area contributed by atoms with E-state index in [2.05, 4.69) is 20.9 Å². The van der Waals surface area contributed by atoms with Gasteiger partial charge >= 0.3 is 5.97 Å². The van der Waals surface area contributed by atoms with Gasteiger partial charge < -0.3 is 14.7 Å². The van der Waals surface area contributed by atoms with Crippen molar-refractivity contribution in [2.24, 2.45) is 0 Å². The highest BCUT2D eigenvalue weighted by Gasteiger charge is 2.21. The Balaban J connectivity index is 1.46. The highest BCUT2D eigenvalue weighted by Crippen LogP contribution is 2.32. The van der Waals surface area contributed by atoms with Crippen molar-refractivity contribution < 1.29 is 19.0 Å². The van der Waals surface area contributed by atoms with E-state index in [0.717, 1.165) is 45.1 Å². The average Bonchev–Trinajstić information content (AvgIpc) is 3.08. The maximum absolute atomic E-state index is 13.4. The van der Waals surface area contributed by atoms with Crippen LogP contribution in [0.3, 0.4) is 0 Å². The van der Waals surface area contributed by atoms with Crippen LogP contribution in [0.5, 0.6) is 5.75 Å². The molecule has 0 radical (unpaired) electrons. The Kier molecular flexibility index (Phi) is 6.14. The Bertz CT molecular complexity index is 1370. The number of halogens is 1. The topological polar surface area (TPSA) is 75.5 Å². The second-order valence-electron chi connectivity index (χ2n) is 8.54. The third-order valence-corrected chi connectivity index (χ3v) is 6.24. The molecule has 4 aromatic rings. The molecular weight excluding hydrogens is 445 g/mol. The largest absolute Gasteiger partial charge is 0.491 e. The molecule has 0 fully saturated rings. The molecule has 1 aliphatic rings. The van der Waals surface area contributed by atoms with E-state index in [4.69, 9.17) is 4.74 Å². The number of aryl methyl sites for hydroxylation is 1. The van der Waals surface area contributed by atoms with E-state index in [9.17, 15) is 14.3 Å². The van der Waals surface area contributed by atoms with Crippen molar-refractivity contribution in [2.75, 3.05) is 18.1 Å². The molecule has 1 aromatic heterocycles. The molecule has 6 nitrogen and oxygen atoms in total. The van der Waals surface area contributed by atoms with E-state index < -0.39 is 5.97 Å². The number of carbonyl (C=O) groups is 1. The van der Waals surface area contributed by atoms with Crippen molar-refractivity contribution in [3.05, 3.63) is 107 Å². The van der Waals surface area contributed by atoms with Crippen LogP contribution in [0.4, 0.5) is 10.2 Å². The van der Waals surface area contributed by atoms with Crippen molar-refractivity contribution in [3.8, 4) is 16.9 Å². The molecule has 7 heteroatoms. The molecule has 0 saturated carbocycles. The third-order valence-electron chi connectivity index (χ3n) is 6.24. The smallest absolute Gasteiger partial charge is 0.335 e. The Labute approximate surface area is 202 Å². The summed E-state index contributed by atoms with van der Waals surface area (Å²) >= 11 is 0. The molecule has 0 unspecified atom stereocenters. The van der Waals surface area contributed by atoms with Gasteiger partial charge in [-0.3, -0.25) is 0 Å². The zero-order valence-electron chi connectivity index (χ0n) is 19.2. The van der Waals surface area contributed by atoms with Gasteiger partial charge in [-0.15, -0.1) is 0 Å². The predicted molar refractivity (Wildman–Crippen MR) is 131 cm³/mol. The SMILES string of the molecule is Cc1ncnc(N2CCOc3ccc(-c4ccc(C(=O)O)cc4)cc3C2)c1Cc1ccc(F)cc1. The van der Waals surface area contributed by atoms with E-state index in [-0.39, 0.29) is 11.4 Å². The van der Waals surface area contributed by atoms with Gasteiger partial charge in [0.15, 0.2) is 0 Å². The van der Waals surface area contributed by atoms with Crippen LogP contribution in [0.25, 0.3) is 11.1 Å². The van der Waals surface area contributed by atoms with Gasteiger partial charge in [-0.2, -0.15) is 0 Å². The zero-order valence-corrected chi connectivity index (χ0v) is 19.2. The fourth-order valence-corrected chi connectivity index (χ4v) is 4.33. The van der Waals surface area contributed by atoms with Crippen LogP contribution >= 0.6 is 0 Å². The number of anilines is 1. The Morgan fingerprint density at radius 2 is 1.77 bits per heavy atom. The van der Waals surface area contributed by atoms with Crippen LogP contribution in [0.1, 0.15) is 32.7 Å². The highest BCUT2D eigenvalue weighted by molar-refractivity contribution is 5.88. The van der Waals surface area contributed by atoms with Crippen LogP contribution in [0, 0.1) is 12.7 Å². The van der Waals surface area contributed by atoms with Crippen molar-refractivity contribution in [3.63, 3.8) is 0 Å². The molecule has 2 heterocycles. The number of nitrogens with zero attached hydrogens (tertiary/aromatic N) is 3. The van der Waals surface area contributed by atoms with Crippen LogP contribution in [-0.4, -0.2) is 34.2 Å². The summed E-state index contributed by atoms with van der Waals surface area (Å²) in [5, 5.41) is 9.17. The lowest BCUT2D eigenvalue weighted by Crippen LogP contribution is -2.28. The lowest BCUT2D eigenvalue weighted by atomic mass is 10.0. The van der Waals surface area contributed by atoms with Gasteiger partial charge in [-0.25, -0.2) is 19.2 Å². The van der Waals surface area contributed by atoms with E-state index in [1.54, 1.807) is 30.6 Å². The molecule has 5 rings (SSSR count). The summed E-state index contributed by atoms with van der Waals surface area (Å²) in [7, 11) is 0. The number of aromatic nitrogens is 2. The minimum atomic E-state index is -0.945. The van der Waals surface area contributed by atoms with E-state index >= 15 is 0 Å². The molecule has 35 heavy (non-hydrogen) atoms. The predicted octanol–water partition coefficient (Wildman–Crippen LogP) is 5.28. The number of carboxylic acids is 1. The molecule has 176 valence electrons. The number of aromatic carboxylic acids is 1. The minimum absolute atomic E-state index is 0.255. The first kappa shape index (κ1) is 22.5. The summed E-state index contributed by atoms with van der Waals surface area (Å²) in [6.45, 7) is 3.73. The summed E-state index contributed by atoms with van der Waals surface area (Å²) in [5.74, 6) is 0.461. The Morgan fingerprint density at radius 3 is 2.51 bits per heavy atom. The molecule has 0 bridgehead atoms. The molecule has 0 atom stereocenters. The Morgan fingerprint density at radius 1 is 1.03 bits per heavy atom. The third kappa shape index (κ3) is 4.84. The van der Waals surface area contributed by atoms with Crippen molar-refractivity contribution in [1.82, 2.24) is 9.97 Å². The van der Waals surface area contributed by atoms with Crippen LogP contribution in [0.15, 0.2) is 73.1 Å². The number of hydrogen-bond acceptors (Lipinski definition) is 5. The van der Waals surface area contributed by atoms with Gasteiger partial charge in [0, 0.05) is 29.8 Å². The number of hydrogen-bond donors (Lipinski definition) is 1. The van der Waals surface area contributed by atoms with Gasteiger partial charge in [0.25, 0.3) is 0 Å². The first-order valence-electron chi connectivity index (χ1n) is 11.4. The Hall–Kier alpha value is -4.26. The summed E-state index contributed by atoms with van der Waals surface area (Å²) in [6, 6.07) is 19.4. The molecule has 1 aliphatic heterocycles. The molecule has 0 amide bonds. The van der Waals surface area contributed by atoms with Gasteiger partial charge in [0.2, 0.25) is 0 Å². The van der Waals surface area contributed by atoms with Crippen molar-refractivity contribution in [1.29, 1.82) is 0 Å². The highest BCUT2D eigenvalue weighted by atomic mass is 19.1. The number of rotatable bonds is 5. The first-order valence-corrected chi connectivity index (χ1v) is 11.4. The second-order valence-corrected chi connectivity index (χ2v) is 8.54. The second kappa shape index (κ2) is 9.54. The fourth-order valence-electron chi connectivity index (χ4n) is 4.33. The molecule has 0 saturated heterocycles. The normalized spacial score (nSPS) is 13.0. The van der Waals surface area contributed by atoms with E-state index in [0.29, 0.717) is 26.1 Å². The molecule has 0 aliphatic carbocycles. The number of fused-ring (bicyclic) bond motifs is 1. The molecule has 3 aromatic carbocycles. The number of carboxylic acid groups (broad SMARTS) is 1. The van der Waals surface area contributed by atoms with E-state index in [1.165, 1.54) is 12.1 Å². The monoisotopic (exact) mass is 469 g/mol. The molecule has 1 N–H and O–H groups in total. The number of ether oxygens (including phenoxy) is 1. The van der Waals surface area contributed by atoms with Crippen LogP contribution < -0.4 is 9.64 Å². The lowest BCUT2D eigenvalue weighted by molar-refractivity contribution is 0.0697. The lowest BCUT2D eigenvalue weighted by Gasteiger charge is -2.24. The van der Waals surface area contributed by atoms with Gasteiger partial charge in [0.1, 0.15) is 30.3 Å². The van der Waals surface area contributed by atoms with Crippen LogP contribution in [-0.2, 0) is 13.0 Å². The maximum Gasteiger partial charge on any atom is 0.335 e. The standard InChI is InChI=1S/C28H24FN3O3/c1-18-25(14-19-2-9-24(29)10-3-19)27(31-17-30-18)32-12-13-35-26-11-8-22(15-23(26)16-32)20-4-6-21(7-5-20)28(33)34/h2-11,15,17H,12-14,16H2,1H3,(H,33,34). The van der Waals surface area contributed by atoms with Crippen molar-refractivity contribution in [2.45, 2.75) is 19.9 Å².